The number of aliphatic hydroxyl groups excluding tert-OH is 2. The summed E-state index contributed by atoms with van der Waals surface area (Å²) in [5, 5.41) is 31.2. The van der Waals surface area contributed by atoms with Crippen molar-refractivity contribution in [2.24, 2.45) is 5.41 Å². The van der Waals surface area contributed by atoms with E-state index in [0.29, 0.717) is 16.3 Å². The maximum absolute atomic E-state index is 12.9. The summed E-state index contributed by atoms with van der Waals surface area (Å²) in [6.07, 6.45) is -4.61. The SMILES string of the molecule is CC(C)(CNC(=O)c1ccc(Nc2nc(NC3(c4ccc(Cl)cc4)CC3)nc(OCC(F)(F)F)n2)cc1)CNC1=C(O)C(O)C1=O. The first-order chi connectivity index (χ1) is 21.6. The Kier molecular flexibility index (Phi) is 9.00. The van der Waals surface area contributed by atoms with Gasteiger partial charge in [-0.15, -0.1) is 0 Å². The van der Waals surface area contributed by atoms with Crippen molar-refractivity contribution in [3.05, 3.63) is 76.1 Å². The standard InChI is InChI=1S/C30H31ClF3N7O5/c1-28(2,13-35-20-21(42)23(44)22(20)43)14-36-24(45)16-3-9-19(10-4-16)37-25-38-26(40-27(39-25)46-15-30(32,33)34)41-29(11-12-29)17-5-7-18(31)8-6-17/h3-10,23,35,42,44H,11-15H2,1-2H3,(H,36,45)(H2,37,38,39,40,41). The highest BCUT2D eigenvalue weighted by Gasteiger charge is 2.45. The number of hydrogen-bond donors (Lipinski definition) is 6. The number of Topliss-reactive ketones (excluding diaryl/α,β-unsaturated/α-hetero) is 1. The third-order valence-corrected chi connectivity index (χ3v) is 7.61. The molecular weight excluding hydrogens is 631 g/mol. The molecule has 0 aliphatic heterocycles. The zero-order valence-electron chi connectivity index (χ0n) is 24.7. The Bertz CT molecular complexity index is 1650. The van der Waals surface area contributed by atoms with Crippen LogP contribution in [0.5, 0.6) is 6.01 Å². The molecule has 3 aromatic rings. The molecule has 0 radical (unpaired) electrons. The number of benzene rings is 2. The third-order valence-electron chi connectivity index (χ3n) is 7.36. The van der Waals surface area contributed by atoms with E-state index in [1.807, 2.05) is 26.0 Å². The lowest BCUT2D eigenvalue weighted by Gasteiger charge is -2.30. The van der Waals surface area contributed by atoms with Crippen molar-refractivity contribution < 1.29 is 37.7 Å². The largest absolute Gasteiger partial charge is 0.507 e. The van der Waals surface area contributed by atoms with Crippen LogP contribution < -0.4 is 26.0 Å². The van der Waals surface area contributed by atoms with E-state index < -0.39 is 47.4 Å². The van der Waals surface area contributed by atoms with Crippen LogP contribution in [0.3, 0.4) is 0 Å². The van der Waals surface area contributed by atoms with Crippen LogP contribution in [-0.2, 0) is 10.3 Å². The Morgan fingerprint density at radius 3 is 2.28 bits per heavy atom. The number of rotatable bonds is 13. The number of aliphatic hydroxyl groups is 2. The van der Waals surface area contributed by atoms with E-state index >= 15 is 0 Å². The number of alkyl halides is 3. The maximum atomic E-state index is 12.9. The summed E-state index contributed by atoms with van der Waals surface area (Å²) in [5.41, 5.74) is 0.623. The molecule has 2 aliphatic carbocycles. The molecule has 5 rings (SSSR count). The first kappa shape index (κ1) is 32.8. The minimum Gasteiger partial charge on any atom is -0.507 e. The van der Waals surface area contributed by atoms with Crippen molar-refractivity contribution in [3.63, 3.8) is 0 Å². The lowest BCUT2D eigenvalue weighted by Crippen LogP contribution is -2.47. The summed E-state index contributed by atoms with van der Waals surface area (Å²) in [6.45, 7) is 2.57. The molecule has 244 valence electrons. The van der Waals surface area contributed by atoms with E-state index in [4.69, 9.17) is 16.3 Å². The van der Waals surface area contributed by atoms with Gasteiger partial charge in [0.1, 0.15) is 5.70 Å². The number of amides is 1. The second kappa shape index (κ2) is 12.6. The van der Waals surface area contributed by atoms with Crippen molar-refractivity contribution in [2.45, 2.75) is 44.5 Å². The molecule has 1 atom stereocenters. The number of anilines is 3. The number of ether oxygens (including phenoxy) is 1. The predicted molar refractivity (Wildman–Crippen MR) is 162 cm³/mol. The van der Waals surface area contributed by atoms with Gasteiger partial charge in [-0.25, -0.2) is 0 Å². The normalized spacial score (nSPS) is 17.2. The van der Waals surface area contributed by atoms with E-state index in [1.54, 1.807) is 36.4 Å². The van der Waals surface area contributed by atoms with Gasteiger partial charge in [0.2, 0.25) is 17.7 Å². The van der Waals surface area contributed by atoms with Crippen LogP contribution in [0.4, 0.5) is 30.8 Å². The van der Waals surface area contributed by atoms with Crippen LogP contribution in [0.1, 0.15) is 42.6 Å². The van der Waals surface area contributed by atoms with E-state index in [1.165, 1.54) is 0 Å². The molecule has 0 saturated heterocycles. The Morgan fingerprint density at radius 1 is 1.02 bits per heavy atom. The number of carbonyl (C=O) groups excluding carboxylic acids is 2. The minimum atomic E-state index is -4.60. The summed E-state index contributed by atoms with van der Waals surface area (Å²) in [5.74, 6) is -1.43. The zero-order chi connectivity index (χ0) is 33.3. The van der Waals surface area contributed by atoms with E-state index in [2.05, 4.69) is 36.2 Å². The number of aromatic nitrogens is 3. The topological polar surface area (TPSA) is 171 Å². The number of halogens is 4. The molecule has 2 aliphatic rings. The molecule has 46 heavy (non-hydrogen) atoms. The second-order valence-electron chi connectivity index (χ2n) is 11.8. The molecule has 1 amide bonds. The maximum Gasteiger partial charge on any atom is 0.422 e. The van der Waals surface area contributed by atoms with Gasteiger partial charge in [-0.2, -0.15) is 28.1 Å². The van der Waals surface area contributed by atoms with Crippen LogP contribution in [0.2, 0.25) is 5.02 Å². The fourth-order valence-corrected chi connectivity index (χ4v) is 4.67. The Hall–Kier alpha value is -4.63. The summed E-state index contributed by atoms with van der Waals surface area (Å²) >= 11 is 6.01. The van der Waals surface area contributed by atoms with Gasteiger partial charge in [-0.05, 0) is 60.2 Å². The number of nitrogens with one attached hydrogen (secondary N) is 4. The molecule has 1 heterocycles. The fraction of sp³-hybridized carbons (Fsp3) is 0.367. The Balaban J connectivity index is 1.23. The first-order valence-corrected chi connectivity index (χ1v) is 14.6. The third kappa shape index (κ3) is 7.95. The molecule has 1 fully saturated rings. The molecule has 1 aromatic heterocycles. The number of hydrogen-bond acceptors (Lipinski definition) is 11. The molecule has 16 heteroatoms. The number of nitrogens with zero attached hydrogens (tertiary/aromatic N) is 3. The van der Waals surface area contributed by atoms with Crippen LogP contribution in [0.15, 0.2) is 60.0 Å². The van der Waals surface area contributed by atoms with Gasteiger partial charge in [-0.3, -0.25) is 9.59 Å². The molecule has 1 saturated carbocycles. The highest BCUT2D eigenvalue weighted by molar-refractivity contribution is 6.30. The van der Waals surface area contributed by atoms with Crippen molar-refractivity contribution in [2.75, 3.05) is 30.3 Å². The van der Waals surface area contributed by atoms with Gasteiger partial charge < -0.3 is 36.2 Å². The fourth-order valence-electron chi connectivity index (χ4n) is 4.54. The summed E-state index contributed by atoms with van der Waals surface area (Å²) < 4.78 is 43.4. The molecule has 6 N–H and O–H groups in total. The van der Waals surface area contributed by atoms with Crippen molar-refractivity contribution in [1.29, 1.82) is 0 Å². The molecule has 0 bridgehead atoms. The first-order valence-electron chi connectivity index (χ1n) is 14.2. The lowest BCUT2D eigenvalue weighted by atomic mass is 9.91. The van der Waals surface area contributed by atoms with Crippen molar-refractivity contribution in [3.8, 4) is 6.01 Å². The summed E-state index contributed by atoms with van der Waals surface area (Å²) in [4.78, 5) is 36.8. The van der Waals surface area contributed by atoms with Gasteiger partial charge in [0.25, 0.3) is 5.91 Å². The van der Waals surface area contributed by atoms with Crippen LogP contribution in [0, 0.1) is 5.41 Å². The quantitative estimate of drug-likeness (QED) is 0.154. The van der Waals surface area contributed by atoms with Gasteiger partial charge >= 0.3 is 12.2 Å². The Morgan fingerprint density at radius 2 is 1.67 bits per heavy atom. The average molecular weight is 662 g/mol. The number of ketones is 1. The highest BCUT2D eigenvalue weighted by Crippen LogP contribution is 2.48. The van der Waals surface area contributed by atoms with E-state index in [0.717, 1.165) is 18.4 Å². The van der Waals surface area contributed by atoms with Gasteiger partial charge in [0, 0.05) is 29.4 Å². The van der Waals surface area contributed by atoms with Crippen molar-refractivity contribution >= 4 is 40.9 Å². The van der Waals surface area contributed by atoms with Crippen molar-refractivity contribution in [1.82, 2.24) is 25.6 Å². The molecular formula is C30H31ClF3N7O5. The van der Waals surface area contributed by atoms with Crippen LogP contribution in [0.25, 0.3) is 0 Å². The smallest absolute Gasteiger partial charge is 0.422 e. The summed E-state index contributed by atoms with van der Waals surface area (Å²) in [6, 6.07) is 12.9. The minimum absolute atomic E-state index is 0.0135. The zero-order valence-corrected chi connectivity index (χ0v) is 25.5. The van der Waals surface area contributed by atoms with E-state index in [9.17, 15) is 33.0 Å². The highest BCUT2D eigenvalue weighted by atomic mass is 35.5. The Labute approximate surface area is 266 Å². The van der Waals surface area contributed by atoms with Gasteiger partial charge in [0.05, 0.1) is 5.54 Å². The lowest BCUT2D eigenvalue weighted by molar-refractivity contribution is -0.154. The van der Waals surface area contributed by atoms with E-state index in [-0.39, 0.29) is 36.6 Å². The average Bonchev–Trinajstić information content (AvgIpc) is 3.79. The molecule has 0 spiro atoms. The summed E-state index contributed by atoms with van der Waals surface area (Å²) in [7, 11) is 0. The predicted octanol–water partition coefficient (Wildman–Crippen LogP) is 4.37. The second-order valence-corrected chi connectivity index (χ2v) is 12.2. The molecule has 12 nitrogen and oxygen atoms in total. The van der Waals surface area contributed by atoms with Crippen LogP contribution >= 0.6 is 11.6 Å². The molecule has 1 unspecified atom stereocenters. The molecule has 2 aromatic carbocycles. The monoisotopic (exact) mass is 661 g/mol. The number of carbonyl (C=O) groups is 2. The van der Waals surface area contributed by atoms with Crippen LogP contribution in [-0.4, -0.2) is 68.8 Å². The van der Waals surface area contributed by atoms with Gasteiger partial charge in [-0.1, -0.05) is 37.6 Å². The van der Waals surface area contributed by atoms with Gasteiger partial charge in [0.15, 0.2) is 18.5 Å².